The molecule has 6 heteroatoms. The van der Waals surface area contributed by atoms with Crippen LogP contribution in [-0.4, -0.2) is 34.9 Å². The Hall–Kier alpha value is -1.98. The molecule has 0 aromatic carbocycles. The first kappa shape index (κ1) is 12.1. The van der Waals surface area contributed by atoms with Gasteiger partial charge in [-0.3, -0.25) is 4.79 Å². The number of hydrogen-bond acceptors (Lipinski definition) is 4. The Morgan fingerprint density at radius 3 is 2.75 bits per heavy atom. The van der Waals surface area contributed by atoms with E-state index in [0.29, 0.717) is 11.3 Å². The number of oxime groups is 1. The Labute approximate surface area is 93.3 Å². The Morgan fingerprint density at radius 1 is 1.69 bits per heavy atom. The molecule has 88 valence electrons. The fourth-order valence-corrected chi connectivity index (χ4v) is 1.25. The van der Waals surface area contributed by atoms with Crippen LogP contribution in [0.4, 0.5) is 0 Å². The summed E-state index contributed by atoms with van der Waals surface area (Å²) in [5.41, 5.74) is 5.90. The van der Waals surface area contributed by atoms with Gasteiger partial charge in [-0.05, 0) is 19.9 Å². The number of likely N-dealkylation sites (N-methyl/N-ethyl adjacent to an activating group) is 1. The average Bonchev–Trinajstić information content (AvgIpc) is 2.71. The highest BCUT2D eigenvalue weighted by atomic mass is 16.4. The second-order valence-electron chi connectivity index (χ2n) is 3.51. The van der Waals surface area contributed by atoms with Crippen molar-refractivity contribution < 1.29 is 14.4 Å². The Kier molecular flexibility index (Phi) is 3.55. The van der Waals surface area contributed by atoms with Gasteiger partial charge < -0.3 is 20.3 Å². The minimum Gasteiger partial charge on any atom is -0.469 e. The molecule has 1 atom stereocenters. The molecular formula is C10H15N3O3. The van der Waals surface area contributed by atoms with Crippen molar-refractivity contribution in [3.8, 4) is 0 Å². The molecular weight excluding hydrogens is 210 g/mol. The molecule has 0 aliphatic carbocycles. The van der Waals surface area contributed by atoms with Crippen LogP contribution in [0.5, 0.6) is 0 Å². The molecule has 0 radical (unpaired) electrons. The predicted octanol–water partition coefficient (Wildman–Crippen LogP) is 0.795. The van der Waals surface area contributed by atoms with Crippen LogP contribution >= 0.6 is 0 Å². The third kappa shape index (κ3) is 2.16. The largest absolute Gasteiger partial charge is 0.469 e. The minimum absolute atomic E-state index is 0.0167. The number of carbonyl (C=O) groups excluding carboxylic acids is 1. The van der Waals surface area contributed by atoms with E-state index in [2.05, 4.69) is 5.16 Å². The number of nitrogens with two attached hydrogens (primary N) is 1. The number of hydrogen-bond donors (Lipinski definition) is 2. The van der Waals surface area contributed by atoms with Gasteiger partial charge in [-0.15, -0.1) is 0 Å². The zero-order valence-electron chi connectivity index (χ0n) is 9.47. The van der Waals surface area contributed by atoms with Gasteiger partial charge in [-0.1, -0.05) is 5.16 Å². The van der Waals surface area contributed by atoms with Crippen LogP contribution in [0.2, 0.25) is 0 Å². The van der Waals surface area contributed by atoms with Crippen molar-refractivity contribution in [1.29, 1.82) is 0 Å². The van der Waals surface area contributed by atoms with E-state index in [1.165, 1.54) is 11.2 Å². The molecule has 0 saturated carbocycles. The predicted molar refractivity (Wildman–Crippen MR) is 58.4 cm³/mol. The summed E-state index contributed by atoms with van der Waals surface area (Å²) in [6, 6.07) is 1.11. The van der Waals surface area contributed by atoms with Gasteiger partial charge in [0.25, 0.3) is 5.91 Å². The van der Waals surface area contributed by atoms with Crippen LogP contribution in [0, 0.1) is 6.92 Å². The van der Waals surface area contributed by atoms with E-state index in [1.54, 1.807) is 27.0 Å². The lowest BCUT2D eigenvalue weighted by Gasteiger charge is -2.23. The van der Waals surface area contributed by atoms with Crippen molar-refractivity contribution >= 4 is 11.7 Å². The van der Waals surface area contributed by atoms with Gasteiger partial charge in [0, 0.05) is 7.05 Å². The summed E-state index contributed by atoms with van der Waals surface area (Å²) in [4.78, 5) is 13.3. The van der Waals surface area contributed by atoms with Gasteiger partial charge in [-0.25, -0.2) is 0 Å². The van der Waals surface area contributed by atoms with Gasteiger partial charge in [0.1, 0.15) is 5.76 Å². The molecule has 1 aromatic heterocycles. The first-order valence-electron chi connectivity index (χ1n) is 4.77. The van der Waals surface area contributed by atoms with Crippen molar-refractivity contribution in [2.75, 3.05) is 7.05 Å². The highest BCUT2D eigenvalue weighted by molar-refractivity contribution is 5.98. The quantitative estimate of drug-likeness (QED) is 0.344. The van der Waals surface area contributed by atoms with E-state index >= 15 is 0 Å². The topological polar surface area (TPSA) is 92.1 Å². The summed E-state index contributed by atoms with van der Waals surface area (Å²) in [6.45, 7) is 3.37. The summed E-state index contributed by atoms with van der Waals surface area (Å²) in [7, 11) is 1.58. The summed E-state index contributed by atoms with van der Waals surface area (Å²) in [5, 5.41) is 11.4. The number of rotatable bonds is 3. The molecule has 0 saturated heterocycles. The van der Waals surface area contributed by atoms with Crippen LogP contribution in [0.15, 0.2) is 21.9 Å². The van der Waals surface area contributed by atoms with E-state index in [4.69, 9.17) is 15.4 Å². The van der Waals surface area contributed by atoms with Crippen molar-refractivity contribution in [2.45, 2.75) is 19.9 Å². The van der Waals surface area contributed by atoms with Crippen LogP contribution in [0.25, 0.3) is 0 Å². The molecule has 1 amide bonds. The van der Waals surface area contributed by atoms with Gasteiger partial charge in [0.05, 0.1) is 17.9 Å². The lowest BCUT2D eigenvalue weighted by Crippen LogP contribution is -2.43. The van der Waals surface area contributed by atoms with E-state index < -0.39 is 6.04 Å². The number of nitrogens with zero attached hydrogens (tertiary/aromatic N) is 2. The van der Waals surface area contributed by atoms with Crippen LogP contribution < -0.4 is 5.73 Å². The number of amides is 1. The molecule has 6 nitrogen and oxygen atoms in total. The van der Waals surface area contributed by atoms with Crippen LogP contribution in [0.3, 0.4) is 0 Å². The maximum absolute atomic E-state index is 12.0. The first-order valence-corrected chi connectivity index (χ1v) is 4.77. The van der Waals surface area contributed by atoms with Crippen molar-refractivity contribution in [2.24, 2.45) is 10.9 Å². The second kappa shape index (κ2) is 4.69. The van der Waals surface area contributed by atoms with E-state index in [9.17, 15) is 4.79 Å². The van der Waals surface area contributed by atoms with Gasteiger partial charge in [0.2, 0.25) is 0 Å². The third-order valence-electron chi connectivity index (χ3n) is 2.53. The molecule has 3 N–H and O–H groups in total. The van der Waals surface area contributed by atoms with E-state index in [-0.39, 0.29) is 11.7 Å². The lowest BCUT2D eigenvalue weighted by molar-refractivity contribution is 0.0774. The standard InChI is InChI=1S/C10H15N3O3/c1-6(9(11)12-15)13(3)10(14)8-4-5-16-7(8)2/h4-6,15H,1-3H3,(H2,11,12). The Morgan fingerprint density at radius 2 is 2.31 bits per heavy atom. The number of furan rings is 1. The zero-order valence-corrected chi connectivity index (χ0v) is 9.47. The van der Waals surface area contributed by atoms with Gasteiger partial charge in [0.15, 0.2) is 5.84 Å². The van der Waals surface area contributed by atoms with E-state index in [1.807, 2.05) is 0 Å². The summed E-state index contributed by atoms with van der Waals surface area (Å²) < 4.78 is 5.04. The molecule has 0 aliphatic rings. The fourth-order valence-electron chi connectivity index (χ4n) is 1.25. The summed E-state index contributed by atoms with van der Waals surface area (Å²) in [6.07, 6.45) is 1.45. The minimum atomic E-state index is -0.480. The Bertz CT molecular complexity index is 411. The molecule has 0 spiro atoms. The smallest absolute Gasteiger partial charge is 0.257 e. The van der Waals surface area contributed by atoms with Crippen molar-refractivity contribution in [1.82, 2.24) is 4.90 Å². The van der Waals surface area contributed by atoms with Gasteiger partial charge in [-0.2, -0.15) is 0 Å². The lowest BCUT2D eigenvalue weighted by atomic mass is 10.2. The maximum Gasteiger partial charge on any atom is 0.257 e. The molecule has 0 fully saturated rings. The molecule has 1 unspecified atom stereocenters. The zero-order chi connectivity index (χ0) is 12.3. The first-order chi connectivity index (χ1) is 7.49. The molecule has 1 rings (SSSR count). The number of aryl methyl sites for hydroxylation is 1. The van der Waals surface area contributed by atoms with Crippen LogP contribution in [-0.2, 0) is 0 Å². The van der Waals surface area contributed by atoms with Gasteiger partial charge >= 0.3 is 0 Å². The molecule has 16 heavy (non-hydrogen) atoms. The Balaban J connectivity index is 2.87. The molecule has 1 heterocycles. The normalized spacial score (nSPS) is 13.6. The molecule has 0 aliphatic heterocycles. The monoisotopic (exact) mass is 225 g/mol. The van der Waals surface area contributed by atoms with Crippen LogP contribution in [0.1, 0.15) is 23.0 Å². The number of carbonyl (C=O) groups is 1. The van der Waals surface area contributed by atoms with Crippen molar-refractivity contribution in [3.63, 3.8) is 0 Å². The second-order valence-corrected chi connectivity index (χ2v) is 3.51. The summed E-state index contributed by atoms with van der Waals surface area (Å²) >= 11 is 0. The highest BCUT2D eigenvalue weighted by Crippen LogP contribution is 2.12. The highest BCUT2D eigenvalue weighted by Gasteiger charge is 2.22. The summed E-state index contributed by atoms with van der Waals surface area (Å²) in [5.74, 6) is 0.297. The number of amidine groups is 1. The van der Waals surface area contributed by atoms with E-state index in [0.717, 1.165) is 0 Å². The molecule has 0 bridgehead atoms. The average molecular weight is 225 g/mol. The fraction of sp³-hybridized carbons (Fsp3) is 0.400. The maximum atomic E-state index is 12.0. The molecule has 1 aromatic rings. The third-order valence-corrected chi connectivity index (χ3v) is 2.53. The SMILES string of the molecule is Cc1occc1C(=O)N(C)C(C)C(N)=NO. The van der Waals surface area contributed by atoms with Crippen molar-refractivity contribution in [3.05, 3.63) is 23.7 Å².